The van der Waals surface area contributed by atoms with Gasteiger partial charge in [0.25, 0.3) is 10.0 Å². The summed E-state index contributed by atoms with van der Waals surface area (Å²) in [5.41, 5.74) is 0.265. The molecule has 1 aromatic heterocycles. The smallest absolute Gasteiger partial charge is 0.265 e. The summed E-state index contributed by atoms with van der Waals surface area (Å²) in [6.45, 7) is 1.15. The van der Waals surface area contributed by atoms with E-state index in [1.165, 1.54) is 13.0 Å². The van der Waals surface area contributed by atoms with Gasteiger partial charge in [0.05, 0.1) is 10.7 Å². The van der Waals surface area contributed by atoms with Gasteiger partial charge in [-0.3, -0.25) is 4.72 Å². The summed E-state index contributed by atoms with van der Waals surface area (Å²) in [7, 11) is -3.82. The van der Waals surface area contributed by atoms with E-state index in [0.29, 0.717) is 0 Å². The van der Waals surface area contributed by atoms with Crippen molar-refractivity contribution in [3.8, 4) is 0 Å². The Labute approximate surface area is 129 Å². The number of rotatable bonds is 4. The second kappa shape index (κ2) is 5.77. The van der Waals surface area contributed by atoms with Gasteiger partial charge in [0, 0.05) is 10.5 Å². The van der Waals surface area contributed by atoms with Crippen molar-refractivity contribution in [2.75, 3.05) is 4.72 Å². The molecular formula is C12H11BrClNO4S. The quantitative estimate of drug-likeness (QED) is 0.853. The molecule has 0 fully saturated rings. The number of sulfonamides is 1. The molecule has 0 saturated heterocycles. The Balaban J connectivity index is 2.38. The molecule has 0 bridgehead atoms. The minimum atomic E-state index is -3.82. The zero-order valence-corrected chi connectivity index (χ0v) is 13.5. The lowest BCUT2D eigenvalue weighted by molar-refractivity contribution is 0.245. The molecule has 0 amide bonds. The number of furan rings is 1. The number of aliphatic hydroxyl groups excluding tert-OH is 1. The van der Waals surface area contributed by atoms with Gasteiger partial charge >= 0.3 is 0 Å². The Hall–Kier alpha value is -1.02. The molecule has 0 aliphatic rings. The molecule has 0 unspecified atom stereocenters. The minimum Gasteiger partial charge on any atom is -0.462 e. The fraction of sp³-hybridized carbons (Fsp3) is 0.167. The van der Waals surface area contributed by atoms with E-state index in [1.807, 2.05) is 0 Å². The molecule has 2 aromatic rings. The first-order valence-electron chi connectivity index (χ1n) is 5.51. The fourth-order valence-corrected chi connectivity index (χ4v) is 3.70. The third kappa shape index (κ3) is 3.17. The van der Waals surface area contributed by atoms with Crippen LogP contribution in [0.25, 0.3) is 0 Å². The Morgan fingerprint density at radius 1 is 1.40 bits per heavy atom. The van der Waals surface area contributed by atoms with Crippen LogP contribution in [0.1, 0.15) is 11.5 Å². The van der Waals surface area contributed by atoms with Crippen LogP contribution in [0.3, 0.4) is 0 Å². The number of aryl methyl sites for hydroxylation is 1. The number of hydrogen-bond donors (Lipinski definition) is 2. The van der Waals surface area contributed by atoms with Gasteiger partial charge in [-0.1, -0.05) is 27.5 Å². The number of anilines is 1. The standard InChI is InChI=1S/C12H11BrClNO4S/c1-7-12(5-9(6-16)19-7)20(17,18)15-11-3-2-8(13)4-10(11)14/h2-5,15-16H,6H2,1H3. The van der Waals surface area contributed by atoms with Crippen molar-refractivity contribution in [2.24, 2.45) is 0 Å². The summed E-state index contributed by atoms with van der Waals surface area (Å²) in [6, 6.07) is 6.09. The number of nitrogens with one attached hydrogen (secondary N) is 1. The molecule has 1 aromatic carbocycles. The molecule has 2 N–H and O–H groups in total. The third-order valence-electron chi connectivity index (χ3n) is 2.54. The summed E-state index contributed by atoms with van der Waals surface area (Å²) in [5, 5.41) is 9.24. The zero-order chi connectivity index (χ0) is 14.9. The van der Waals surface area contributed by atoms with Crippen LogP contribution in [0.4, 0.5) is 5.69 Å². The lowest BCUT2D eigenvalue weighted by Gasteiger charge is -2.08. The molecule has 0 aliphatic heterocycles. The van der Waals surface area contributed by atoms with Crippen LogP contribution in [-0.4, -0.2) is 13.5 Å². The molecule has 0 spiro atoms. The van der Waals surface area contributed by atoms with Crippen LogP contribution in [0.2, 0.25) is 5.02 Å². The maximum Gasteiger partial charge on any atom is 0.265 e. The molecule has 108 valence electrons. The third-order valence-corrected chi connectivity index (χ3v) is 4.82. The first-order chi connectivity index (χ1) is 9.33. The molecule has 2 rings (SSSR count). The van der Waals surface area contributed by atoms with Gasteiger partial charge in [0.15, 0.2) is 0 Å². The molecule has 20 heavy (non-hydrogen) atoms. The Morgan fingerprint density at radius 3 is 2.65 bits per heavy atom. The monoisotopic (exact) mass is 379 g/mol. The highest BCUT2D eigenvalue weighted by Gasteiger charge is 2.22. The van der Waals surface area contributed by atoms with Gasteiger partial charge in [-0.05, 0) is 25.1 Å². The topological polar surface area (TPSA) is 79.5 Å². The van der Waals surface area contributed by atoms with Gasteiger partial charge in [0.2, 0.25) is 0 Å². The summed E-state index contributed by atoms with van der Waals surface area (Å²) in [5.74, 6) is 0.388. The molecule has 0 aliphatic carbocycles. The minimum absolute atomic E-state index is 0.0273. The normalized spacial score (nSPS) is 11.6. The summed E-state index contributed by atoms with van der Waals surface area (Å²) >= 11 is 9.22. The Kier molecular flexibility index (Phi) is 4.43. The van der Waals surface area contributed by atoms with Gasteiger partial charge in [-0.2, -0.15) is 0 Å². The van der Waals surface area contributed by atoms with Crippen LogP contribution in [-0.2, 0) is 16.6 Å². The lowest BCUT2D eigenvalue weighted by atomic mass is 10.3. The first-order valence-corrected chi connectivity index (χ1v) is 8.17. The summed E-state index contributed by atoms with van der Waals surface area (Å²) in [4.78, 5) is -0.0273. The van der Waals surface area contributed by atoms with E-state index in [-0.39, 0.29) is 33.7 Å². The van der Waals surface area contributed by atoms with Crippen LogP contribution in [0.5, 0.6) is 0 Å². The lowest BCUT2D eigenvalue weighted by Crippen LogP contribution is -2.13. The van der Waals surface area contributed by atoms with E-state index in [9.17, 15) is 8.42 Å². The molecule has 8 heteroatoms. The summed E-state index contributed by atoms with van der Waals surface area (Å²) < 4.78 is 32.8. The van der Waals surface area contributed by atoms with E-state index in [2.05, 4.69) is 20.7 Å². The zero-order valence-electron chi connectivity index (χ0n) is 10.4. The number of benzene rings is 1. The van der Waals surface area contributed by atoms with Gasteiger partial charge in [-0.25, -0.2) is 8.42 Å². The molecule has 0 saturated carbocycles. The summed E-state index contributed by atoms with van der Waals surface area (Å²) in [6.07, 6.45) is 0. The second-order valence-corrected chi connectivity index (χ2v) is 6.99. The first kappa shape index (κ1) is 15.4. The van der Waals surface area contributed by atoms with Crippen LogP contribution < -0.4 is 4.72 Å². The molecule has 0 radical (unpaired) electrons. The van der Waals surface area contributed by atoms with Crippen molar-refractivity contribution in [3.05, 3.63) is 45.3 Å². The largest absolute Gasteiger partial charge is 0.462 e. The number of aliphatic hydroxyl groups is 1. The maximum atomic E-state index is 12.3. The Morgan fingerprint density at radius 2 is 2.10 bits per heavy atom. The maximum absolute atomic E-state index is 12.3. The second-order valence-electron chi connectivity index (χ2n) is 4.02. The average molecular weight is 381 g/mol. The number of halogens is 2. The van der Waals surface area contributed by atoms with E-state index >= 15 is 0 Å². The molecular weight excluding hydrogens is 370 g/mol. The van der Waals surface area contributed by atoms with E-state index in [4.69, 9.17) is 21.1 Å². The van der Waals surface area contributed by atoms with E-state index in [1.54, 1.807) is 18.2 Å². The van der Waals surface area contributed by atoms with Crippen molar-refractivity contribution in [1.82, 2.24) is 0 Å². The van der Waals surface area contributed by atoms with Crippen LogP contribution >= 0.6 is 27.5 Å². The van der Waals surface area contributed by atoms with Crippen molar-refractivity contribution >= 4 is 43.2 Å². The van der Waals surface area contributed by atoms with Gasteiger partial charge < -0.3 is 9.52 Å². The van der Waals surface area contributed by atoms with E-state index < -0.39 is 10.0 Å². The van der Waals surface area contributed by atoms with Gasteiger partial charge in [0.1, 0.15) is 23.0 Å². The SMILES string of the molecule is Cc1oc(CO)cc1S(=O)(=O)Nc1ccc(Br)cc1Cl. The van der Waals surface area contributed by atoms with Crippen LogP contribution in [0.15, 0.2) is 38.1 Å². The highest BCUT2D eigenvalue weighted by molar-refractivity contribution is 9.10. The van der Waals surface area contributed by atoms with Crippen molar-refractivity contribution in [3.63, 3.8) is 0 Å². The number of hydrogen-bond acceptors (Lipinski definition) is 4. The molecule has 0 atom stereocenters. The highest BCUT2D eigenvalue weighted by Crippen LogP contribution is 2.29. The fourth-order valence-electron chi connectivity index (χ4n) is 1.64. The highest BCUT2D eigenvalue weighted by atomic mass is 79.9. The van der Waals surface area contributed by atoms with Crippen molar-refractivity contribution < 1.29 is 17.9 Å². The Bertz CT molecular complexity index is 742. The predicted molar refractivity (Wildman–Crippen MR) is 79.3 cm³/mol. The molecule has 5 nitrogen and oxygen atoms in total. The van der Waals surface area contributed by atoms with Crippen LogP contribution in [0, 0.1) is 6.92 Å². The van der Waals surface area contributed by atoms with Crippen molar-refractivity contribution in [2.45, 2.75) is 18.4 Å². The van der Waals surface area contributed by atoms with Crippen molar-refractivity contribution in [1.29, 1.82) is 0 Å². The predicted octanol–water partition coefficient (Wildman–Crippen LogP) is 3.30. The van der Waals surface area contributed by atoms with Gasteiger partial charge in [-0.15, -0.1) is 0 Å². The van der Waals surface area contributed by atoms with E-state index in [0.717, 1.165) is 4.47 Å². The average Bonchev–Trinajstić information content (AvgIpc) is 2.75. The molecule has 1 heterocycles.